The van der Waals surface area contributed by atoms with Gasteiger partial charge in [-0.05, 0) is 31.8 Å². The highest BCUT2D eigenvalue weighted by molar-refractivity contribution is 5.79. The molecular weight excluding hydrogens is 178 g/mol. The quantitative estimate of drug-likeness (QED) is 0.310. The van der Waals surface area contributed by atoms with Crippen molar-refractivity contribution in [1.29, 1.82) is 0 Å². The van der Waals surface area contributed by atoms with E-state index in [0.29, 0.717) is 12.3 Å². The Labute approximate surface area is 85.8 Å². The number of nitrogens with zero attached hydrogens (tertiary/aromatic N) is 2. The number of nitrogens with two attached hydrogens (primary N) is 1. The fraction of sp³-hybridized carbons (Fsp3) is 0.900. The van der Waals surface area contributed by atoms with Crippen molar-refractivity contribution in [3.63, 3.8) is 0 Å². The smallest absolute Gasteiger partial charge is 0.140 e. The topological polar surface area (TPSA) is 61.8 Å². The van der Waals surface area contributed by atoms with E-state index >= 15 is 0 Å². The fourth-order valence-electron chi connectivity index (χ4n) is 1.94. The Morgan fingerprint density at radius 2 is 2.14 bits per heavy atom. The predicted molar refractivity (Wildman–Crippen MR) is 57.5 cm³/mol. The minimum absolute atomic E-state index is 0.336. The second kappa shape index (κ2) is 5.86. The fourth-order valence-corrected chi connectivity index (χ4v) is 1.94. The van der Waals surface area contributed by atoms with Gasteiger partial charge in [0.1, 0.15) is 5.84 Å². The Hall–Kier alpha value is -0.770. The van der Waals surface area contributed by atoms with E-state index in [9.17, 15) is 0 Å². The van der Waals surface area contributed by atoms with Crippen molar-refractivity contribution < 1.29 is 5.21 Å². The van der Waals surface area contributed by atoms with Gasteiger partial charge in [-0.3, -0.25) is 0 Å². The van der Waals surface area contributed by atoms with Gasteiger partial charge >= 0.3 is 0 Å². The molecule has 1 saturated heterocycles. The molecule has 0 amide bonds. The van der Waals surface area contributed by atoms with Gasteiger partial charge in [0.15, 0.2) is 0 Å². The van der Waals surface area contributed by atoms with Crippen LogP contribution in [-0.2, 0) is 0 Å². The van der Waals surface area contributed by atoms with E-state index in [4.69, 9.17) is 10.9 Å². The van der Waals surface area contributed by atoms with E-state index in [2.05, 4.69) is 17.0 Å². The van der Waals surface area contributed by atoms with Crippen LogP contribution < -0.4 is 5.73 Å². The van der Waals surface area contributed by atoms with Crippen LogP contribution in [0.25, 0.3) is 0 Å². The zero-order valence-electron chi connectivity index (χ0n) is 8.95. The summed E-state index contributed by atoms with van der Waals surface area (Å²) in [5, 5.41) is 11.4. The van der Waals surface area contributed by atoms with Crippen LogP contribution in [0.4, 0.5) is 0 Å². The van der Waals surface area contributed by atoms with Crippen molar-refractivity contribution in [1.82, 2.24) is 4.90 Å². The standard InChI is InChI=1S/C10H21N3O/c1-2-9-3-6-13(7-4-9)8-5-10(11)12-14/h9,14H,2-8H2,1H3,(H2,11,12). The number of piperidine rings is 1. The molecule has 0 spiro atoms. The molecule has 4 heteroatoms. The monoisotopic (exact) mass is 199 g/mol. The maximum Gasteiger partial charge on any atom is 0.140 e. The van der Waals surface area contributed by atoms with Crippen molar-refractivity contribution in [2.45, 2.75) is 32.6 Å². The SMILES string of the molecule is CCC1CCN(CC/C(N)=N/O)CC1. The summed E-state index contributed by atoms with van der Waals surface area (Å²) in [6.45, 7) is 5.51. The number of oxime groups is 1. The van der Waals surface area contributed by atoms with Crippen LogP contribution in [-0.4, -0.2) is 35.6 Å². The van der Waals surface area contributed by atoms with Crippen LogP contribution >= 0.6 is 0 Å². The summed E-state index contributed by atoms with van der Waals surface area (Å²) in [7, 11) is 0. The van der Waals surface area contributed by atoms with Crippen LogP contribution in [0.2, 0.25) is 0 Å². The minimum atomic E-state index is 0.336. The highest BCUT2D eigenvalue weighted by atomic mass is 16.4. The Morgan fingerprint density at radius 3 is 2.64 bits per heavy atom. The summed E-state index contributed by atoms with van der Waals surface area (Å²) < 4.78 is 0. The molecule has 0 atom stereocenters. The molecule has 0 aromatic carbocycles. The van der Waals surface area contributed by atoms with Gasteiger partial charge in [-0.15, -0.1) is 0 Å². The van der Waals surface area contributed by atoms with Crippen LogP contribution in [0.5, 0.6) is 0 Å². The molecule has 0 aromatic rings. The van der Waals surface area contributed by atoms with E-state index in [-0.39, 0.29) is 0 Å². The summed E-state index contributed by atoms with van der Waals surface area (Å²) >= 11 is 0. The first-order chi connectivity index (χ1) is 6.76. The molecule has 0 aromatic heterocycles. The Kier molecular flexibility index (Phi) is 4.73. The van der Waals surface area contributed by atoms with Crippen molar-refractivity contribution in [2.24, 2.45) is 16.8 Å². The number of amidine groups is 1. The van der Waals surface area contributed by atoms with Gasteiger partial charge in [0.05, 0.1) is 0 Å². The lowest BCUT2D eigenvalue weighted by Crippen LogP contribution is -2.35. The van der Waals surface area contributed by atoms with E-state index in [1.807, 2.05) is 0 Å². The Morgan fingerprint density at radius 1 is 1.50 bits per heavy atom. The molecule has 0 aliphatic carbocycles. The van der Waals surface area contributed by atoms with E-state index in [1.54, 1.807) is 0 Å². The average molecular weight is 199 g/mol. The molecule has 0 bridgehead atoms. The normalized spacial score (nSPS) is 21.4. The van der Waals surface area contributed by atoms with Gasteiger partial charge < -0.3 is 15.8 Å². The molecule has 1 fully saturated rings. The van der Waals surface area contributed by atoms with E-state index in [1.165, 1.54) is 19.3 Å². The second-order valence-electron chi connectivity index (χ2n) is 4.03. The molecular formula is C10H21N3O. The Balaban J connectivity index is 2.16. The van der Waals surface area contributed by atoms with Crippen LogP contribution in [0.3, 0.4) is 0 Å². The molecule has 1 heterocycles. The third kappa shape index (κ3) is 3.54. The summed E-state index contributed by atoms with van der Waals surface area (Å²) in [5.41, 5.74) is 5.42. The number of hydrogen-bond acceptors (Lipinski definition) is 3. The molecule has 0 saturated carbocycles. The van der Waals surface area contributed by atoms with Crippen molar-refractivity contribution in [3.8, 4) is 0 Å². The minimum Gasteiger partial charge on any atom is -0.409 e. The third-order valence-corrected chi connectivity index (χ3v) is 3.10. The largest absolute Gasteiger partial charge is 0.409 e. The molecule has 0 unspecified atom stereocenters. The summed E-state index contributed by atoms with van der Waals surface area (Å²) in [4.78, 5) is 2.39. The first kappa shape index (κ1) is 11.3. The van der Waals surface area contributed by atoms with Gasteiger partial charge in [0, 0.05) is 13.0 Å². The second-order valence-corrected chi connectivity index (χ2v) is 4.03. The third-order valence-electron chi connectivity index (χ3n) is 3.10. The molecule has 14 heavy (non-hydrogen) atoms. The molecule has 1 aliphatic rings. The maximum absolute atomic E-state index is 8.39. The molecule has 4 nitrogen and oxygen atoms in total. The Bertz CT molecular complexity index is 186. The zero-order valence-corrected chi connectivity index (χ0v) is 8.95. The maximum atomic E-state index is 8.39. The van der Waals surface area contributed by atoms with E-state index < -0.39 is 0 Å². The van der Waals surface area contributed by atoms with Gasteiger partial charge in [0.2, 0.25) is 0 Å². The van der Waals surface area contributed by atoms with Crippen LogP contribution in [0, 0.1) is 5.92 Å². The van der Waals surface area contributed by atoms with Crippen LogP contribution in [0.1, 0.15) is 32.6 Å². The van der Waals surface area contributed by atoms with Crippen molar-refractivity contribution >= 4 is 5.84 Å². The van der Waals surface area contributed by atoms with Crippen LogP contribution in [0.15, 0.2) is 5.16 Å². The van der Waals surface area contributed by atoms with Gasteiger partial charge in [0.25, 0.3) is 0 Å². The van der Waals surface area contributed by atoms with Crippen molar-refractivity contribution in [3.05, 3.63) is 0 Å². The molecule has 0 radical (unpaired) electrons. The molecule has 3 N–H and O–H groups in total. The molecule has 1 rings (SSSR count). The highest BCUT2D eigenvalue weighted by Gasteiger charge is 2.17. The summed E-state index contributed by atoms with van der Waals surface area (Å²) in [6, 6.07) is 0. The first-order valence-electron chi connectivity index (χ1n) is 5.45. The number of likely N-dealkylation sites (tertiary alicyclic amines) is 1. The van der Waals surface area contributed by atoms with E-state index in [0.717, 1.165) is 25.6 Å². The van der Waals surface area contributed by atoms with Crippen molar-refractivity contribution in [2.75, 3.05) is 19.6 Å². The number of rotatable bonds is 4. The lowest BCUT2D eigenvalue weighted by molar-refractivity contribution is 0.185. The summed E-state index contributed by atoms with van der Waals surface area (Å²) in [6.07, 6.45) is 4.57. The van der Waals surface area contributed by atoms with Gasteiger partial charge in [-0.1, -0.05) is 18.5 Å². The van der Waals surface area contributed by atoms with Gasteiger partial charge in [-0.25, -0.2) is 0 Å². The van der Waals surface area contributed by atoms with Gasteiger partial charge in [-0.2, -0.15) is 0 Å². The lowest BCUT2D eigenvalue weighted by Gasteiger charge is -2.31. The highest BCUT2D eigenvalue weighted by Crippen LogP contribution is 2.19. The average Bonchev–Trinajstić information content (AvgIpc) is 2.26. The predicted octanol–water partition coefficient (Wildman–Crippen LogP) is 1.24. The zero-order chi connectivity index (χ0) is 10.4. The summed E-state index contributed by atoms with van der Waals surface area (Å²) in [5.74, 6) is 1.25. The lowest BCUT2D eigenvalue weighted by atomic mass is 9.94. The molecule has 82 valence electrons. The molecule has 1 aliphatic heterocycles. The first-order valence-corrected chi connectivity index (χ1v) is 5.45. The number of hydrogen-bond donors (Lipinski definition) is 2.